The second-order valence-electron chi connectivity index (χ2n) is 3.88. The molecule has 0 bridgehead atoms. The monoisotopic (exact) mass is 227 g/mol. The third-order valence-electron chi connectivity index (χ3n) is 2.24. The van der Waals surface area contributed by atoms with E-state index in [2.05, 4.69) is 29.1 Å². The van der Waals surface area contributed by atoms with E-state index in [1.54, 1.807) is 0 Å². The summed E-state index contributed by atoms with van der Waals surface area (Å²) in [6, 6.07) is 0.130. The van der Waals surface area contributed by atoms with Gasteiger partial charge in [0.2, 0.25) is 5.95 Å². The van der Waals surface area contributed by atoms with Gasteiger partial charge in [0.25, 0.3) is 0 Å². The van der Waals surface area contributed by atoms with Gasteiger partial charge in [-0.05, 0) is 12.8 Å². The lowest BCUT2D eigenvalue weighted by Crippen LogP contribution is -2.31. The fourth-order valence-corrected chi connectivity index (χ4v) is 1.20. The lowest BCUT2D eigenvalue weighted by molar-refractivity contribution is 0.126. The number of ether oxygens (including phenoxy) is 1. The molecule has 4 nitrogen and oxygen atoms in total. The van der Waals surface area contributed by atoms with E-state index in [0.717, 1.165) is 12.4 Å². The van der Waals surface area contributed by atoms with Gasteiger partial charge in [0, 0.05) is 6.61 Å². The van der Waals surface area contributed by atoms with E-state index >= 15 is 0 Å². The van der Waals surface area contributed by atoms with Crippen molar-refractivity contribution >= 4 is 5.95 Å². The molecule has 0 fully saturated rings. The zero-order valence-electron chi connectivity index (χ0n) is 9.90. The van der Waals surface area contributed by atoms with Crippen LogP contribution in [-0.4, -0.2) is 29.2 Å². The van der Waals surface area contributed by atoms with Crippen molar-refractivity contribution in [3.8, 4) is 0 Å². The smallest absolute Gasteiger partial charge is 0.223 e. The Morgan fingerprint density at radius 2 is 2.00 bits per heavy atom. The van der Waals surface area contributed by atoms with Crippen LogP contribution in [0.2, 0.25) is 0 Å². The molecule has 1 aromatic heterocycles. The van der Waals surface area contributed by atoms with Crippen molar-refractivity contribution in [2.24, 2.45) is 5.92 Å². The minimum atomic E-state index is -0.434. The van der Waals surface area contributed by atoms with Crippen molar-refractivity contribution < 1.29 is 9.13 Å². The van der Waals surface area contributed by atoms with Gasteiger partial charge in [-0.3, -0.25) is 0 Å². The number of anilines is 1. The van der Waals surface area contributed by atoms with Gasteiger partial charge >= 0.3 is 0 Å². The second kappa shape index (κ2) is 6.37. The largest absolute Gasteiger partial charge is 0.380 e. The molecule has 0 amide bonds. The predicted molar refractivity (Wildman–Crippen MR) is 60.7 cm³/mol. The molecule has 0 aliphatic heterocycles. The molecular formula is C11H18FN3O. The maximum Gasteiger partial charge on any atom is 0.223 e. The Bertz CT molecular complexity index is 303. The van der Waals surface area contributed by atoms with E-state index in [1.165, 1.54) is 0 Å². The van der Waals surface area contributed by atoms with E-state index in [0.29, 0.717) is 25.1 Å². The van der Waals surface area contributed by atoms with Crippen LogP contribution in [0.5, 0.6) is 0 Å². The van der Waals surface area contributed by atoms with Crippen molar-refractivity contribution in [1.82, 2.24) is 9.97 Å². The van der Waals surface area contributed by atoms with Crippen molar-refractivity contribution in [3.63, 3.8) is 0 Å². The zero-order chi connectivity index (χ0) is 12.0. The van der Waals surface area contributed by atoms with Crippen LogP contribution in [0.15, 0.2) is 12.4 Å². The first-order chi connectivity index (χ1) is 7.63. The van der Waals surface area contributed by atoms with Gasteiger partial charge in [-0.1, -0.05) is 13.8 Å². The number of hydrogen-bond donors (Lipinski definition) is 1. The average molecular weight is 227 g/mol. The van der Waals surface area contributed by atoms with Gasteiger partial charge in [-0.15, -0.1) is 0 Å². The average Bonchev–Trinajstić information content (AvgIpc) is 2.26. The molecule has 1 rings (SSSR count). The van der Waals surface area contributed by atoms with Gasteiger partial charge in [-0.25, -0.2) is 14.4 Å². The van der Waals surface area contributed by atoms with Crippen LogP contribution < -0.4 is 5.32 Å². The molecule has 16 heavy (non-hydrogen) atoms. The number of hydrogen-bond acceptors (Lipinski definition) is 4. The van der Waals surface area contributed by atoms with E-state index in [-0.39, 0.29) is 6.04 Å². The highest BCUT2D eigenvalue weighted by Gasteiger charge is 2.14. The summed E-state index contributed by atoms with van der Waals surface area (Å²) in [6.07, 6.45) is 2.29. The first kappa shape index (κ1) is 12.8. The molecule has 0 aliphatic carbocycles. The Morgan fingerprint density at radius 1 is 1.38 bits per heavy atom. The zero-order valence-corrected chi connectivity index (χ0v) is 9.90. The van der Waals surface area contributed by atoms with Crippen LogP contribution in [0.3, 0.4) is 0 Å². The van der Waals surface area contributed by atoms with Crippen LogP contribution >= 0.6 is 0 Å². The minimum absolute atomic E-state index is 0.130. The molecule has 0 aromatic carbocycles. The molecule has 1 N–H and O–H groups in total. The van der Waals surface area contributed by atoms with Crippen LogP contribution in [0.4, 0.5) is 10.3 Å². The summed E-state index contributed by atoms with van der Waals surface area (Å²) in [5.74, 6) is 0.386. The molecule has 0 aliphatic rings. The third-order valence-corrected chi connectivity index (χ3v) is 2.24. The SMILES string of the molecule is CCOCC(Nc1ncc(F)cn1)C(C)C. The highest BCUT2D eigenvalue weighted by molar-refractivity contribution is 5.24. The van der Waals surface area contributed by atoms with E-state index in [1.807, 2.05) is 6.92 Å². The minimum Gasteiger partial charge on any atom is -0.380 e. The summed E-state index contributed by atoms with van der Waals surface area (Å²) >= 11 is 0. The summed E-state index contributed by atoms with van der Waals surface area (Å²) < 4.78 is 18.0. The summed E-state index contributed by atoms with van der Waals surface area (Å²) in [6.45, 7) is 7.39. The Hall–Kier alpha value is -1.23. The van der Waals surface area contributed by atoms with Gasteiger partial charge in [0.1, 0.15) is 0 Å². The number of halogens is 1. The van der Waals surface area contributed by atoms with Crippen molar-refractivity contribution in [1.29, 1.82) is 0 Å². The van der Waals surface area contributed by atoms with E-state index < -0.39 is 5.82 Å². The fourth-order valence-electron chi connectivity index (χ4n) is 1.20. The molecule has 0 radical (unpaired) electrons. The predicted octanol–water partition coefficient (Wildman–Crippen LogP) is 2.09. The molecule has 0 saturated heterocycles. The summed E-state index contributed by atoms with van der Waals surface area (Å²) in [7, 11) is 0. The Labute approximate surface area is 95.3 Å². The summed E-state index contributed by atoms with van der Waals surface area (Å²) in [4.78, 5) is 7.71. The molecule has 1 aromatic rings. The highest BCUT2D eigenvalue weighted by Crippen LogP contribution is 2.08. The van der Waals surface area contributed by atoms with Crippen LogP contribution in [0.25, 0.3) is 0 Å². The summed E-state index contributed by atoms with van der Waals surface area (Å²) in [5, 5.41) is 3.13. The number of aromatic nitrogens is 2. The van der Waals surface area contributed by atoms with Crippen molar-refractivity contribution in [3.05, 3.63) is 18.2 Å². The first-order valence-corrected chi connectivity index (χ1v) is 5.45. The molecule has 0 saturated carbocycles. The topological polar surface area (TPSA) is 47.0 Å². The van der Waals surface area contributed by atoms with Crippen molar-refractivity contribution in [2.75, 3.05) is 18.5 Å². The standard InChI is InChI=1S/C11H18FN3O/c1-4-16-7-10(8(2)3)15-11-13-5-9(12)6-14-11/h5-6,8,10H,4,7H2,1-3H3,(H,13,14,15). The van der Waals surface area contributed by atoms with E-state index in [9.17, 15) is 4.39 Å². The fraction of sp³-hybridized carbons (Fsp3) is 0.636. The third kappa shape index (κ3) is 4.10. The van der Waals surface area contributed by atoms with Crippen molar-refractivity contribution in [2.45, 2.75) is 26.8 Å². The normalized spacial score (nSPS) is 12.8. The lowest BCUT2D eigenvalue weighted by Gasteiger charge is -2.21. The van der Waals surface area contributed by atoms with Crippen LogP contribution in [-0.2, 0) is 4.74 Å². The van der Waals surface area contributed by atoms with Gasteiger partial charge in [-0.2, -0.15) is 0 Å². The van der Waals surface area contributed by atoms with Gasteiger partial charge in [0.05, 0.1) is 25.0 Å². The van der Waals surface area contributed by atoms with Crippen LogP contribution in [0, 0.1) is 11.7 Å². The lowest BCUT2D eigenvalue weighted by atomic mass is 10.1. The maximum absolute atomic E-state index is 12.6. The van der Waals surface area contributed by atoms with E-state index in [4.69, 9.17) is 4.74 Å². The van der Waals surface area contributed by atoms with Crippen LogP contribution in [0.1, 0.15) is 20.8 Å². The highest BCUT2D eigenvalue weighted by atomic mass is 19.1. The van der Waals surface area contributed by atoms with Gasteiger partial charge in [0.15, 0.2) is 5.82 Å². The molecule has 1 unspecified atom stereocenters. The maximum atomic E-state index is 12.6. The Kier molecular flexibility index (Phi) is 5.11. The molecule has 1 heterocycles. The molecule has 5 heteroatoms. The Morgan fingerprint density at radius 3 is 2.50 bits per heavy atom. The Balaban J connectivity index is 2.57. The quantitative estimate of drug-likeness (QED) is 0.808. The number of nitrogens with zero attached hydrogens (tertiary/aromatic N) is 2. The summed E-state index contributed by atoms with van der Waals surface area (Å²) in [5.41, 5.74) is 0. The number of rotatable bonds is 6. The molecular weight excluding hydrogens is 209 g/mol. The van der Waals surface area contributed by atoms with Gasteiger partial charge < -0.3 is 10.1 Å². The molecule has 90 valence electrons. The number of nitrogens with one attached hydrogen (secondary N) is 1. The second-order valence-corrected chi connectivity index (χ2v) is 3.88. The molecule has 1 atom stereocenters. The molecule has 0 spiro atoms. The first-order valence-electron chi connectivity index (χ1n) is 5.45.